The predicted octanol–water partition coefficient (Wildman–Crippen LogP) is 2.36. The van der Waals surface area contributed by atoms with Gasteiger partial charge in [0.1, 0.15) is 0 Å². The Morgan fingerprint density at radius 3 is 2.73 bits per heavy atom. The van der Waals surface area contributed by atoms with Gasteiger partial charge >= 0.3 is 0 Å². The van der Waals surface area contributed by atoms with Crippen LogP contribution in [0.4, 0.5) is 5.69 Å². The van der Waals surface area contributed by atoms with Crippen molar-refractivity contribution in [2.75, 3.05) is 24.5 Å². The van der Waals surface area contributed by atoms with Gasteiger partial charge in [0, 0.05) is 56.5 Å². The molecule has 1 saturated heterocycles. The van der Waals surface area contributed by atoms with E-state index in [-0.39, 0.29) is 12.5 Å². The molecule has 2 aliphatic heterocycles. The van der Waals surface area contributed by atoms with Gasteiger partial charge in [0.25, 0.3) is 5.91 Å². The molecule has 7 heteroatoms. The van der Waals surface area contributed by atoms with Gasteiger partial charge in [-0.2, -0.15) is 5.10 Å². The molecule has 4 rings (SSSR count). The maximum atomic E-state index is 13.0. The number of carbonyl (C=O) groups is 1. The number of rotatable bonds is 3. The summed E-state index contributed by atoms with van der Waals surface area (Å²) >= 11 is 6.47. The lowest BCUT2D eigenvalue weighted by atomic mass is 10.0. The van der Waals surface area contributed by atoms with Crippen LogP contribution in [0, 0.1) is 0 Å². The quantitative estimate of drug-likeness (QED) is 0.896. The Morgan fingerprint density at radius 2 is 2.04 bits per heavy atom. The third-order valence-corrected chi connectivity index (χ3v) is 5.71. The van der Waals surface area contributed by atoms with Gasteiger partial charge in [-0.05, 0) is 31.0 Å². The van der Waals surface area contributed by atoms with Crippen molar-refractivity contribution in [3.8, 4) is 0 Å². The van der Waals surface area contributed by atoms with Crippen molar-refractivity contribution < 1.29 is 9.90 Å². The summed E-state index contributed by atoms with van der Waals surface area (Å²) in [4.78, 5) is 17.0. The van der Waals surface area contributed by atoms with E-state index < -0.39 is 0 Å². The Bertz CT molecular complexity index is 842. The number of aryl methyl sites for hydroxylation is 1. The maximum absolute atomic E-state index is 13.0. The highest BCUT2D eigenvalue weighted by molar-refractivity contribution is 6.33. The van der Waals surface area contributed by atoms with Crippen LogP contribution in [-0.2, 0) is 26.6 Å². The number of halogens is 1. The lowest BCUT2D eigenvalue weighted by Crippen LogP contribution is -2.36. The lowest BCUT2D eigenvalue weighted by Gasteiger charge is -2.28. The molecule has 0 atom stereocenters. The average Bonchev–Trinajstić information content (AvgIpc) is 3.29. The number of hydrogen-bond donors (Lipinski definition) is 1. The molecule has 0 unspecified atom stereocenters. The van der Waals surface area contributed by atoms with Gasteiger partial charge in [-0.15, -0.1) is 0 Å². The fourth-order valence-corrected chi connectivity index (χ4v) is 4.31. The van der Waals surface area contributed by atoms with Crippen LogP contribution in [0.5, 0.6) is 0 Å². The second-order valence-corrected chi connectivity index (χ2v) is 7.40. The molecule has 1 aromatic heterocycles. The predicted molar refractivity (Wildman–Crippen MR) is 100 cm³/mol. The first-order valence-electron chi connectivity index (χ1n) is 9.06. The Morgan fingerprint density at radius 1 is 1.27 bits per heavy atom. The van der Waals surface area contributed by atoms with Crippen molar-refractivity contribution in [3.05, 3.63) is 45.7 Å². The van der Waals surface area contributed by atoms with Gasteiger partial charge in [0.05, 0.1) is 23.0 Å². The first-order valence-corrected chi connectivity index (χ1v) is 9.44. The molecule has 1 N–H and O–H groups in total. The molecular weight excluding hydrogens is 352 g/mol. The summed E-state index contributed by atoms with van der Waals surface area (Å²) in [5.41, 5.74) is 4.34. The number of hydrogen-bond acceptors (Lipinski definition) is 4. The number of carbonyl (C=O) groups excluding carboxylic acids is 1. The number of aliphatic hydroxyl groups excluding tert-OH is 1. The smallest absolute Gasteiger partial charge is 0.254 e. The van der Waals surface area contributed by atoms with Crippen LogP contribution in [-0.4, -0.2) is 45.3 Å². The molecule has 0 saturated carbocycles. The molecule has 0 spiro atoms. The van der Waals surface area contributed by atoms with E-state index in [1.807, 2.05) is 28.8 Å². The van der Waals surface area contributed by atoms with Gasteiger partial charge in [-0.25, -0.2) is 0 Å². The summed E-state index contributed by atoms with van der Waals surface area (Å²) in [6.07, 6.45) is 3.11. The summed E-state index contributed by atoms with van der Waals surface area (Å²) < 4.78 is 1.81. The molecule has 6 nitrogen and oxygen atoms in total. The number of aromatic nitrogens is 2. The Labute approximate surface area is 158 Å². The molecule has 1 fully saturated rings. The second kappa shape index (κ2) is 6.93. The fourth-order valence-electron chi connectivity index (χ4n) is 4.01. The van der Waals surface area contributed by atoms with E-state index in [1.165, 1.54) is 12.8 Å². The van der Waals surface area contributed by atoms with Crippen LogP contribution in [0.25, 0.3) is 0 Å². The van der Waals surface area contributed by atoms with Gasteiger partial charge in [-0.1, -0.05) is 11.6 Å². The molecule has 138 valence electrons. The number of aliphatic hydroxyl groups is 1. The summed E-state index contributed by atoms with van der Waals surface area (Å²) in [5.74, 6) is -0.0294. The second-order valence-electron chi connectivity index (χ2n) is 6.99. The highest BCUT2D eigenvalue weighted by Crippen LogP contribution is 2.31. The fraction of sp³-hybridized carbons (Fsp3) is 0.474. The lowest BCUT2D eigenvalue weighted by molar-refractivity contribution is 0.0732. The molecule has 0 aliphatic carbocycles. The van der Waals surface area contributed by atoms with Crippen molar-refractivity contribution >= 4 is 23.2 Å². The highest BCUT2D eigenvalue weighted by Gasteiger charge is 2.27. The van der Waals surface area contributed by atoms with Crippen molar-refractivity contribution in [1.82, 2.24) is 14.7 Å². The van der Waals surface area contributed by atoms with Gasteiger partial charge in [-0.3, -0.25) is 9.48 Å². The molecule has 26 heavy (non-hydrogen) atoms. The molecule has 2 aliphatic rings. The minimum atomic E-state index is -0.110. The minimum absolute atomic E-state index is 0.0294. The van der Waals surface area contributed by atoms with Gasteiger partial charge in [0.2, 0.25) is 0 Å². The van der Waals surface area contributed by atoms with E-state index in [1.54, 1.807) is 6.07 Å². The van der Waals surface area contributed by atoms with Crippen LogP contribution in [0.15, 0.2) is 18.2 Å². The van der Waals surface area contributed by atoms with Crippen molar-refractivity contribution in [3.63, 3.8) is 0 Å². The highest BCUT2D eigenvalue weighted by atomic mass is 35.5. The van der Waals surface area contributed by atoms with Crippen LogP contribution in [0.3, 0.4) is 0 Å². The van der Waals surface area contributed by atoms with Crippen molar-refractivity contribution in [2.24, 2.45) is 7.05 Å². The zero-order valence-corrected chi connectivity index (χ0v) is 15.7. The van der Waals surface area contributed by atoms with Crippen molar-refractivity contribution in [1.29, 1.82) is 0 Å². The number of amides is 1. The summed E-state index contributed by atoms with van der Waals surface area (Å²) in [7, 11) is 1.88. The monoisotopic (exact) mass is 374 g/mol. The molecule has 0 radical (unpaired) electrons. The Kier molecular flexibility index (Phi) is 4.63. The topological polar surface area (TPSA) is 61.6 Å². The standard InChI is InChI=1S/C19H23ClN4O2/c1-22-17-6-9-24(11-14(17)16(12-25)21-22)19(26)13-4-5-18(15(20)10-13)23-7-2-3-8-23/h4-5,10,25H,2-3,6-9,11-12H2,1H3. The van der Waals surface area contributed by atoms with E-state index in [0.29, 0.717) is 29.4 Å². The number of fused-ring (bicyclic) bond motifs is 1. The number of anilines is 1. The van der Waals surface area contributed by atoms with Crippen molar-refractivity contribution in [2.45, 2.75) is 32.4 Å². The van der Waals surface area contributed by atoms with Crippen LogP contribution >= 0.6 is 11.6 Å². The molecule has 1 amide bonds. The van der Waals surface area contributed by atoms with E-state index in [2.05, 4.69) is 10.00 Å². The van der Waals surface area contributed by atoms with E-state index in [0.717, 1.165) is 36.5 Å². The summed E-state index contributed by atoms with van der Waals surface area (Å²) in [6, 6.07) is 5.61. The Hall–Kier alpha value is -2.05. The normalized spacial score (nSPS) is 16.9. The third kappa shape index (κ3) is 2.97. The first kappa shape index (κ1) is 17.4. The van der Waals surface area contributed by atoms with Crippen LogP contribution < -0.4 is 4.90 Å². The largest absolute Gasteiger partial charge is 0.390 e. The number of benzene rings is 1. The molecule has 1 aromatic carbocycles. The Balaban J connectivity index is 1.55. The summed E-state index contributed by atoms with van der Waals surface area (Å²) in [5, 5.41) is 14.5. The molecular formula is C19H23ClN4O2. The zero-order chi connectivity index (χ0) is 18.3. The summed E-state index contributed by atoms with van der Waals surface area (Å²) in [6.45, 7) is 3.05. The van der Waals surface area contributed by atoms with E-state index >= 15 is 0 Å². The third-order valence-electron chi connectivity index (χ3n) is 5.40. The van der Waals surface area contributed by atoms with Gasteiger partial charge < -0.3 is 14.9 Å². The van der Waals surface area contributed by atoms with Gasteiger partial charge in [0.15, 0.2) is 0 Å². The zero-order valence-electron chi connectivity index (χ0n) is 14.9. The average molecular weight is 375 g/mol. The molecule has 0 bridgehead atoms. The van der Waals surface area contributed by atoms with Crippen LogP contribution in [0.1, 0.15) is 40.2 Å². The van der Waals surface area contributed by atoms with Crippen LogP contribution in [0.2, 0.25) is 5.02 Å². The van der Waals surface area contributed by atoms with E-state index in [9.17, 15) is 9.90 Å². The SMILES string of the molecule is Cn1nc(CO)c2c1CCN(C(=O)c1ccc(N3CCCC3)c(Cl)c1)C2. The minimum Gasteiger partial charge on any atom is -0.390 e. The first-order chi connectivity index (χ1) is 12.6. The molecule has 3 heterocycles. The molecule has 2 aromatic rings. The number of nitrogens with zero attached hydrogens (tertiary/aromatic N) is 4. The maximum Gasteiger partial charge on any atom is 0.254 e. The van der Waals surface area contributed by atoms with E-state index in [4.69, 9.17) is 11.6 Å².